The predicted molar refractivity (Wildman–Crippen MR) is 82.6 cm³/mol. The van der Waals surface area contributed by atoms with Crippen molar-refractivity contribution >= 4 is 11.9 Å². The minimum atomic E-state index is -0.469. The number of quaternary nitrogens is 1. The van der Waals surface area contributed by atoms with E-state index in [1.54, 1.807) is 12.1 Å². The highest BCUT2D eigenvalue weighted by molar-refractivity contribution is 5.94. The second kappa shape index (κ2) is 9.15. The van der Waals surface area contributed by atoms with E-state index in [9.17, 15) is 14.0 Å². The third kappa shape index (κ3) is 6.22. The van der Waals surface area contributed by atoms with Crippen molar-refractivity contribution in [3.8, 4) is 0 Å². The van der Waals surface area contributed by atoms with Gasteiger partial charge in [-0.2, -0.15) is 0 Å². The van der Waals surface area contributed by atoms with Gasteiger partial charge in [-0.3, -0.25) is 10.1 Å². The molecule has 0 aromatic heterocycles. The highest BCUT2D eigenvalue weighted by Gasteiger charge is 2.21. The van der Waals surface area contributed by atoms with Crippen molar-refractivity contribution < 1.29 is 19.3 Å². The van der Waals surface area contributed by atoms with Crippen molar-refractivity contribution in [1.82, 2.24) is 10.6 Å². The lowest BCUT2D eigenvalue weighted by atomic mass is 9.96. The highest BCUT2D eigenvalue weighted by Crippen LogP contribution is 2.17. The van der Waals surface area contributed by atoms with Crippen molar-refractivity contribution in [2.24, 2.45) is 5.92 Å². The average Bonchev–Trinajstić information content (AvgIpc) is 2.46. The molecule has 0 aliphatic rings. The van der Waals surface area contributed by atoms with E-state index in [0.717, 1.165) is 12.0 Å². The second-order valence-corrected chi connectivity index (χ2v) is 5.57. The van der Waals surface area contributed by atoms with E-state index in [1.165, 1.54) is 12.1 Å². The van der Waals surface area contributed by atoms with Gasteiger partial charge < -0.3 is 10.6 Å². The Bertz CT molecular complexity index is 489. The molecular formula is C16H25FN3O2+. The molecular weight excluding hydrogens is 285 g/mol. The normalized spacial score (nSPS) is 12.0. The number of hydrogen-bond acceptors (Lipinski definition) is 2. The fourth-order valence-electron chi connectivity index (χ4n) is 2.17. The van der Waals surface area contributed by atoms with Gasteiger partial charge in [0.05, 0.1) is 0 Å². The number of imide groups is 1. The molecule has 1 aromatic carbocycles. The van der Waals surface area contributed by atoms with Gasteiger partial charge in [-0.05, 0) is 18.6 Å². The molecule has 3 amide bonds. The zero-order valence-corrected chi connectivity index (χ0v) is 13.4. The summed E-state index contributed by atoms with van der Waals surface area (Å²) >= 11 is 0. The van der Waals surface area contributed by atoms with Gasteiger partial charge in [-0.25, -0.2) is 9.18 Å². The molecule has 0 saturated heterocycles. The summed E-state index contributed by atoms with van der Waals surface area (Å²) in [4.78, 5) is 23.2. The molecule has 6 heteroatoms. The van der Waals surface area contributed by atoms with Crippen LogP contribution in [0.25, 0.3) is 0 Å². The zero-order chi connectivity index (χ0) is 16.5. The SMILES string of the molecule is CCCNC(=O)NC(=O)C[NH2+][C@@H](c1ccc(F)cc1)C(C)C. The summed E-state index contributed by atoms with van der Waals surface area (Å²) in [6.07, 6.45) is 0.813. The van der Waals surface area contributed by atoms with Gasteiger partial charge in [-0.15, -0.1) is 0 Å². The van der Waals surface area contributed by atoms with Gasteiger partial charge in [0.1, 0.15) is 11.9 Å². The quantitative estimate of drug-likeness (QED) is 0.710. The van der Waals surface area contributed by atoms with Crippen LogP contribution in [0.15, 0.2) is 24.3 Å². The number of hydrogen-bond donors (Lipinski definition) is 3. The first kappa shape index (κ1) is 18.1. The predicted octanol–water partition coefficient (Wildman–Crippen LogP) is 1.32. The van der Waals surface area contributed by atoms with Crippen LogP contribution in [-0.4, -0.2) is 25.0 Å². The number of carbonyl (C=O) groups excluding carboxylic acids is 2. The van der Waals surface area contributed by atoms with Crippen LogP contribution in [0.5, 0.6) is 0 Å². The van der Waals surface area contributed by atoms with Crippen molar-refractivity contribution in [2.45, 2.75) is 33.2 Å². The molecule has 1 rings (SSSR count). The first-order chi connectivity index (χ1) is 10.4. The van der Waals surface area contributed by atoms with Crippen LogP contribution in [0.3, 0.4) is 0 Å². The van der Waals surface area contributed by atoms with Crippen LogP contribution in [0.2, 0.25) is 0 Å². The van der Waals surface area contributed by atoms with Crippen LogP contribution >= 0.6 is 0 Å². The Balaban J connectivity index is 2.52. The van der Waals surface area contributed by atoms with Crippen LogP contribution in [0, 0.1) is 11.7 Å². The Morgan fingerprint density at radius 3 is 2.41 bits per heavy atom. The lowest BCUT2D eigenvalue weighted by Gasteiger charge is -2.19. The summed E-state index contributed by atoms with van der Waals surface area (Å²) in [5.74, 6) is -0.356. The molecule has 0 aliphatic heterocycles. The summed E-state index contributed by atoms with van der Waals surface area (Å²) in [6, 6.07) is 5.84. The number of urea groups is 1. The van der Waals surface area contributed by atoms with E-state index in [4.69, 9.17) is 0 Å². The molecule has 0 spiro atoms. The standard InChI is InChI=1S/C16H24FN3O2/c1-4-9-18-16(22)20-14(21)10-19-15(11(2)3)12-5-7-13(17)8-6-12/h5-8,11,15,19H,4,9-10H2,1-3H3,(H2,18,20,21,22)/p+1/t15-/m1/s1. The number of nitrogens with two attached hydrogens (primary N) is 1. The maximum atomic E-state index is 13.0. The number of nitrogens with one attached hydrogen (secondary N) is 2. The van der Waals surface area contributed by atoms with Crippen molar-refractivity contribution in [3.05, 3.63) is 35.6 Å². The molecule has 0 fully saturated rings. The first-order valence-electron chi connectivity index (χ1n) is 7.60. The maximum Gasteiger partial charge on any atom is 0.321 e. The van der Waals surface area contributed by atoms with Gasteiger partial charge in [0.25, 0.3) is 5.91 Å². The number of rotatable bonds is 7. The summed E-state index contributed by atoms with van der Waals surface area (Å²) in [5, 5.41) is 6.74. The molecule has 0 heterocycles. The number of amides is 3. The molecule has 22 heavy (non-hydrogen) atoms. The average molecular weight is 310 g/mol. The van der Waals surface area contributed by atoms with Crippen molar-refractivity contribution in [2.75, 3.05) is 13.1 Å². The Hall–Kier alpha value is -1.95. The fraction of sp³-hybridized carbons (Fsp3) is 0.500. The first-order valence-corrected chi connectivity index (χ1v) is 7.60. The van der Waals surface area contributed by atoms with E-state index >= 15 is 0 Å². The van der Waals surface area contributed by atoms with E-state index in [2.05, 4.69) is 10.6 Å². The third-order valence-corrected chi connectivity index (χ3v) is 3.32. The highest BCUT2D eigenvalue weighted by atomic mass is 19.1. The third-order valence-electron chi connectivity index (χ3n) is 3.32. The molecule has 0 aliphatic carbocycles. The minimum absolute atomic E-state index is 0.0325. The zero-order valence-electron chi connectivity index (χ0n) is 13.4. The molecule has 0 saturated carbocycles. The lowest BCUT2D eigenvalue weighted by Crippen LogP contribution is -2.88. The molecule has 1 atom stereocenters. The van der Waals surface area contributed by atoms with E-state index in [0.29, 0.717) is 6.54 Å². The lowest BCUT2D eigenvalue weighted by molar-refractivity contribution is -0.692. The molecule has 0 radical (unpaired) electrons. The van der Waals surface area contributed by atoms with Gasteiger partial charge in [0.15, 0.2) is 6.54 Å². The fourth-order valence-corrected chi connectivity index (χ4v) is 2.17. The van der Waals surface area contributed by atoms with E-state index in [1.807, 2.05) is 26.1 Å². The molecule has 122 valence electrons. The number of benzene rings is 1. The van der Waals surface area contributed by atoms with E-state index < -0.39 is 6.03 Å². The van der Waals surface area contributed by atoms with Crippen molar-refractivity contribution in [1.29, 1.82) is 0 Å². The Kier molecular flexibility index (Phi) is 7.52. The molecule has 1 aromatic rings. The number of halogens is 1. The van der Waals surface area contributed by atoms with Gasteiger partial charge in [0, 0.05) is 18.0 Å². The van der Waals surface area contributed by atoms with Crippen LogP contribution in [0.4, 0.5) is 9.18 Å². The maximum absolute atomic E-state index is 13.0. The summed E-state index contributed by atoms with van der Waals surface area (Å²) in [7, 11) is 0. The minimum Gasteiger partial charge on any atom is -0.338 e. The summed E-state index contributed by atoms with van der Waals surface area (Å²) in [6.45, 7) is 6.69. The molecule has 5 nitrogen and oxygen atoms in total. The topological polar surface area (TPSA) is 74.8 Å². The summed E-state index contributed by atoms with van der Waals surface area (Å²) in [5.41, 5.74) is 0.958. The Morgan fingerprint density at radius 1 is 1.23 bits per heavy atom. The molecule has 0 unspecified atom stereocenters. The van der Waals surface area contributed by atoms with Crippen LogP contribution < -0.4 is 16.0 Å². The van der Waals surface area contributed by atoms with Gasteiger partial charge >= 0.3 is 6.03 Å². The van der Waals surface area contributed by atoms with Crippen molar-refractivity contribution in [3.63, 3.8) is 0 Å². The van der Waals surface area contributed by atoms with E-state index in [-0.39, 0.29) is 30.2 Å². The largest absolute Gasteiger partial charge is 0.338 e. The monoisotopic (exact) mass is 310 g/mol. The summed E-state index contributed by atoms with van der Waals surface area (Å²) < 4.78 is 13.0. The number of carbonyl (C=O) groups is 2. The van der Waals surface area contributed by atoms with Crippen LogP contribution in [-0.2, 0) is 4.79 Å². The Morgan fingerprint density at radius 2 is 1.86 bits per heavy atom. The van der Waals surface area contributed by atoms with Crippen LogP contribution in [0.1, 0.15) is 38.8 Å². The smallest absolute Gasteiger partial charge is 0.321 e. The van der Waals surface area contributed by atoms with Gasteiger partial charge in [-0.1, -0.05) is 32.9 Å². The molecule has 4 N–H and O–H groups in total. The van der Waals surface area contributed by atoms with Gasteiger partial charge in [0.2, 0.25) is 0 Å². The molecule has 0 bridgehead atoms. The Labute approximate surface area is 130 Å². The second-order valence-electron chi connectivity index (χ2n) is 5.57.